The predicted octanol–water partition coefficient (Wildman–Crippen LogP) is 2.54. The summed E-state index contributed by atoms with van der Waals surface area (Å²) in [5.74, 6) is 0.731. The minimum Gasteiger partial charge on any atom is -0.317 e. The SMILES string of the molecule is c1cc(C2CCNCC2)ccc1-c1cn[nH]c1. The lowest BCUT2D eigenvalue weighted by molar-refractivity contribution is 0.460. The fourth-order valence-corrected chi connectivity index (χ4v) is 2.51. The second-order valence-electron chi connectivity index (χ2n) is 4.63. The Morgan fingerprint density at radius 2 is 1.76 bits per heavy atom. The molecule has 0 spiro atoms. The molecule has 3 nitrogen and oxygen atoms in total. The first-order chi connectivity index (χ1) is 8.43. The molecule has 1 aliphatic heterocycles. The van der Waals surface area contributed by atoms with Gasteiger partial charge in [0.15, 0.2) is 0 Å². The van der Waals surface area contributed by atoms with Crippen LogP contribution in [0.15, 0.2) is 36.7 Å². The Balaban J connectivity index is 1.80. The van der Waals surface area contributed by atoms with Gasteiger partial charge in [0.2, 0.25) is 0 Å². The summed E-state index contributed by atoms with van der Waals surface area (Å²) in [6.45, 7) is 2.29. The number of hydrogen-bond acceptors (Lipinski definition) is 2. The van der Waals surface area contributed by atoms with Gasteiger partial charge in [-0.05, 0) is 43.0 Å². The first-order valence-electron chi connectivity index (χ1n) is 6.23. The summed E-state index contributed by atoms with van der Waals surface area (Å²) in [5, 5.41) is 10.2. The van der Waals surface area contributed by atoms with Crippen LogP contribution in [0.3, 0.4) is 0 Å². The topological polar surface area (TPSA) is 40.7 Å². The standard InChI is InChI=1S/C14H17N3/c1-3-12(14-9-16-17-10-14)4-2-11(1)13-5-7-15-8-6-13/h1-4,9-10,13,15H,5-8H2,(H,16,17). The maximum absolute atomic E-state index is 3.98. The monoisotopic (exact) mass is 227 g/mol. The van der Waals surface area contributed by atoms with Gasteiger partial charge in [-0.25, -0.2) is 0 Å². The van der Waals surface area contributed by atoms with Crippen molar-refractivity contribution in [2.45, 2.75) is 18.8 Å². The largest absolute Gasteiger partial charge is 0.317 e. The lowest BCUT2D eigenvalue weighted by Crippen LogP contribution is -2.26. The summed E-state index contributed by atoms with van der Waals surface area (Å²) in [4.78, 5) is 0. The summed E-state index contributed by atoms with van der Waals surface area (Å²) in [5.41, 5.74) is 3.86. The van der Waals surface area contributed by atoms with Crippen LogP contribution in [0.1, 0.15) is 24.3 Å². The number of rotatable bonds is 2. The number of benzene rings is 1. The van der Waals surface area contributed by atoms with E-state index in [0.717, 1.165) is 24.6 Å². The Labute approximate surface area is 101 Å². The van der Waals surface area contributed by atoms with Crippen molar-refractivity contribution < 1.29 is 0 Å². The van der Waals surface area contributed by atoms with Crippen LogP contribution in [-0.2, 0) is 0 Å². The van der Waals surface area contributed by atoms with Gasteiger partial charge >= 0.3 is 0 Å². The Morgan fingerprint density at radius 3 is 2.41 bits per heavy atom. The molecule has 2 N–H and O–H groups in total. The molecular weight excluding hydrogens is 210 g/mol. The van der Waals surface area contributed by atoms with Crippen molar-refractivity contribution in [2.75, 3.05) is 13.1 Å². The zero-order valence-electron chi connectivity index (χ0n) is 9.82. The van der Waals surface area contributed by atoms with E-state index in [0.29, 0.717) is 0 Å². The number of piperidine rings is 1. The second kappa shape index (κ2) is 4.72. The molecule has 0 atom stereocenters. The number of nitrogens with zero attached hydrogens (tertiary/aromatic N) is 1. The highest BCUT2D eigenvalue weighted by molar-refractivity contribution is 5.61. The molecule has 3 heteroatoms. The minimum absolute atomic E-state index is 0.731. The first kappa shape index (κ1) is 10.5. The van der Waals surface area contributed by atoms with Crippen LogP contribution in [0.5, 0.6) is 0 Å². The molecule has 88 valence electrons. The van der Waals surface area contributed by atoms with E-state index in [9.17, 15) is 0 Å². The van der Waals surface area contributed by atoms with Crippen molar-refractivity contribution in [3.05, 3.63) is 42.2 Å². The molecule has 0 saturated carbocycles. The third-order valence-electron chi connectivity index (χ3n) is 3.55. The molecule has 1 aromatic carbocycles. The van der Waals surface area contributed by atoms with E-state index in [1.807, 2.05) is 12.4 Å². The van der Waals surface area contributed by atoms with E-state index in [4.69, 9.17) is 0 Å². The van der Waals surface area contributed by atoms with Crippen molar-refractivity contribution in [2.24, 2.45) is 0 Å². The summed E-state index contributed by atoms with van der Waals surface area (Å²) >= 11 is 0. The summed E-state index contributed by atoms with van der Waals surface area (Å²) in [7, 11) is 0. The van der Waals surface area contributed by atoms with Gasteiger partial charge in [-0.1, -0.05) is 24.3 Å². The van der Waals surface area contributed by atoms with Crippen LogP contribution in [0.2, 0.25) is 0 Å². The smallest absolute Gasteiger partial charge is 0.0565 e. The van der Waals surface area contributed by atoms with Crippen molar-refractivity contribution >= 4 is 0 Å². The Hall–Kier alpha value is -1.61. The Kier molecular flexibility index (Phi) is 2.92. The van der Waals surface area contributed by atoms with Gasteiger partial charge in [-0.2, -0.15) is 5.10 Å². The quantitative estimate of drug-likeness (QED) is 0.827. The average Bonchev–Trinajstić information content (AvgIpc) is 2.94. The molecule has 1 saturated heterocycles. The fourth-order valence-electron chi connectivity index (χ4n) is 2.51. The van der Waals surface area contributed by atoms with E-state index < -0.39 is 0 Å². The van der Waals surface area contributed by atoms with E-state index in [2.05, 4.69) is 39.8 Å². The van der Waals surface area contributed by atoms with Gasteiger partial charge in [0.25, 0.3) is 0 Å². The Bertz CT molecular complexity index is 453. The third-order valence-corrected chi connectivity index (χ3v) is 3.55. The van der Waals surface area contributed by atoms with E-state index >= 15 is 0 Å². The van der Waals surface area contributed by atoms with Gasteiger partial charge in [-0.15, -0.1) is 0 Å². The molecule has 3 rings (SSSR count). The van der Waals surface area contributed by atoms with Crippen LogP contribution in [0, 0.1) is 0 Å². The van der Waals surface area contributed by atoms with Crippen molar-refractivity contribution in [1.29, 1.82) is 0 Å². The molecule has 17 heavy (non-hydrogen) atoms. The van der Waals surface area contributed by atoms with Crippen LogP contribution >= 0.6 is 0 Å². The molecule has 2 aromatic rings. The molecule has 0 amide bonds. The summed E-state index contributed by atoms with van der Waals surface area (Å²) in [6, 6.07) is 8.92. The predicted molar refractivity (Wildman–Crippen MR) is 68.9 cm³/mol. The average molecular weight is 227 g/mol. The third kappa shape index (κ3) is 2.24. The maximum atomic E-state index is 3.98. The molecule has 1 aromatic heterocycles. The van der Waals surface area contributed by atoms with Crippen LogP contribution in [0.4, 0.5) is 0 Å². The van der Waals surface area contributed by atoms with Crippen LogP contribution < -0.4 is 5.32 Å². The zero-order chi connectivity index (χ0) is 11.5. The highest BCUT2D eigenvalue weighted by Crippen LogP contribution is 2.27. The fraction of sp³-hybridized carbons (Fsp3) is 0.357. The summed E-state index contributed by atoms with van der Waals surface area (Å²) in [6.07, 6.45) is 6.30. The molecule has 0 unspecified atom stereocenters. The van der Waals surface area contributed by atoms with Gasteiger partial charge in [0.05, 0.1) is 6.20 Å². The highest BCUT2D eigenvalue weighted by Gasteiger charge is 2.14. The first-order valence-corrected chi connectivity index (χ1v) is 6.23. The van der Waals surface area contributed by atoms with E-state index in [1.54, 1.807) is 0 Å². The molecular formula is C14H17N3. The molecule has 0 aliphatic carbocycles. The van der Waals surface area contributed by atoms with Gasteiger partial charge in [-0.3, -0.25) is 5.10 Å². The lowest BCUT2D eigenvalue weighted by Gasteiger charge is -2.23. The minimum atomic E-state index is 0.731. The van der Waals surface area contributed by atoms with Crippen molar-refractivity contribution in [3.63, 3.8) is 0 Å². The van der Waals surface area contributed by atoms with Crippen LogP contribution in [-0.4, -0.2) is 23.3 Å². The van der Waals surface area contributed by atoms with Crippen molar-refractivity contribution in [1.82, 2.24) is 15.5 Å². The second-order valence-corrected chi connectivity index (χ2v) is 4.63. The molecule has 1 aliphatic rings. The van der Waals surface area contributed by atoms with E-state index in [-0.39, 0.29) is 0 Å². The normalized spacial score (nSPS) is 17.2. The van der Waals surface area contributed by atoms with Crippen molar-refractivity contribution in [3.8, 4) is 11.1 Å². The molecule has 2 heterocycles. The highest BCUT2D eigenvalue weighted by atomic mass is 15.1. The molecule has 0 bridgehead atoms. The number of aromatic nitrogens is 2. The zero-order valence-corrected chi connectivity index (χ0v) is 9.82. The number of H-pyrrole nitrogens is 1. The molecule has 1 fully saturated rings. The number of aromatic amines is 1. The van der Waals surface area contributed by atoms with E-state index in [1.165, 1.54) is 24.0 Å². The van der Waals surface area contributed by atoms with Gasteiger partial charge in [0.1, 0.15) is 0 Å². The maximum Gasteiger partial charge on any atom is 0.0565 e. The van der Waals surface area contributed by atoms with Gasteiger partial charge < -0.3 is 5.32 Å². The summed E-state index contributed by atoms with van der Waals surface area (Å²) < 4.78 is 0. The Morgan fingerprint density at radius 1 is 1.00 bits per heavy atom. The lowest BCUT2D eigenvalue weighted by atomic mass is 9.89. The number of hydrogen-bond donors (Lipinski definition) is 2. The van der Waals surface area contributed by atoms with Gasteiger partial charge in [0, 0.05) is 11.8 Å². The number of nitrogens with one attached hydrogen (secondary N) is 2. The van der Waals surface area contributed by atoms with Crippen LogP contribution in [0.25, 0.3) is 11.1 Å². The molecule has 0 radical (unpaired) electrons.